The number of ketones is 1. The van der Waals surface area contributed by atoms with Crippen molar-refractivity contribution in [1.82, 2.24) is 0 Å². The standard InChI is InChI=1S/C20H33NO3/c1-19-7-5-13(22)9-12(19)3-4-14-15(19)6-8-20(2)17(23)10-16(18(14)20)24-11-21/h12,14-18,23H,3-11,21H2,1-2H3/t12-,14+,15-,16?,17-,18+,19-,20+/m0/s1. The second-order valence-corrected chi connectivity index (χ2v) is 9.49. The Labute approximate surface area is 145 Å². The van der Waals surface area contributed by atoms with Gasteiger partial charge in [0.25, 0.3) is 0 Å². The molecule has 4 aliphatic rings. The van der Waals surface area contributed by atoms with Crippen LogP contribution in [0.15, 0.2) is 0 Å². The van der Waals surface area contributed by atoms with Gasteiger partial charge in [-0.15, -0.1) is 0 Å². The van der Waals surface area contributed by atoms with Crippen LogP contribution in [0.4, 0.5) is 0 Å². The fourth-order valence-electron chi connectivity index (χ4n) is 7.34. The summed E-state index contributed by atoms with van der Waals surface area (Å²) in [5, 5.41) is 10.7. The van der Waals surface area contributed by atoms with E-state index in [1.54, 1.807) is 0 Å². The zero-order valence-electron chi connectivity index (χ0n) is 15.2. The van der Waals surface area contributed by atoms with Gasteiger partial charge in [-0.2, -0.15) is 0 Å². The van der Waals surface area contributed by atoms with E-state index in [1.165, 1.54) is 19.3 Å². The van der Waals surface area contributed by atoms with Crippen LogP contribution in [0.5, 0.6) is 0 Å². The summed E-state index contributed by atoms with van der Waals surface area (Å²) < 4.78 is 5.91. The van der Waals surface area contributed by atoms with Gasteiger partial charge in [0.1, 0.15) is 5.78 Å². The summed E-state index contributed by atoms with van der Waals surface area (Å²) >= 11 is 0. The SMILES string of the molecule is C[C@]12CCC(=O)C[C@@H]1CC[C@@H]1[C@@H]2CC[C@]2(C)[C@@H](O)CC(OCN)[C@@H]12. The first-order valence-corrected chi connectivity index (χ1v) is 9.91. The number of carbonyl (C=O) groups is 1. The first kappa shape index (κ1) is 17.0. The minimum Gasteiger partial charge on any atom is -0.392 e. The molecule has 4 nitrogen and oxygen atoms in total. The van der Waals surface area contributed by atoms with Gasteiger partial charge in [0.15, 0.2) is 0 Å². The summed E-state index contributed by atoms with van der Waals surface area (Å²) in [4.78, 5) is 12.0. The topological polar surface area (TPSA) is 72.5 Å². The molecule has 0 saturated heterocycles. The van der Waals surface area contributed by atoms with Crippen molar-refractivity contribution in [2.24, 2.45) is 40.2 Å². The van der Waals surface area contributed by atoms with Crippen LogP contribution in [0.25, 0.3) is 0 Å². The Morgan fingerprint density at radius 1 is 1.21 bits per heavy atom. The van der Waals surface area contributed by atoms with Crippen LogP contribution < -0.4 is 5.73 Å². The van der Waals surface area contributed by atoms with Crippen molar-refractivity contribution in [3.8, 4) is 0 Å². The third-order valence-corrected chi connectivity index (χ3v) is 8.71. The third kappa shape index (κ3) is 2.25. The van der Waals surface area contributed by atoms with Crippen LogP contribution in [0.2, 0.25) is 0 Å². The molecule has 0 spiro atoms. The Balaban J connectivity index is 1.65. The largest absolute Gasteiger partial charge is 0.392 e. The maximum absolute atomic E-state index is 12.0. The zero-order valence-corrected chi connectivity index (χ0v) is 15.2. The summed E-state index contributed by atoms with van der Waals surface area (Å²) in [7, 11) is 0. The van der Waals surface area contributed by atoms with Crippen molar-refractivity contribution in [2.75, 3.05) is 6.73 Å². The second-order valence-electron chi connectivity index (χ2n) is 9.49. The van der Waals surface area contributed by atoms with Gasteiger partial charge < -0.3 is 15.6 Å². The number of ether oxygens (including phenoxy) is 1. The highest BCUT2D eigenvalue weighted by atomic mass is 16.5. The number of aliphatic hydroxyl groups is 1. The fraction of sp³-hybridized carbons (Fsp3) is 0.950. The molecule has 4 aliphatic carbocycles. The highest BCUT2D eigenvalue weighted by Gasteiger charge is 2.63. The van der Waals surface area contributed by atoms with Crippen LogP contribution in [-0.2, 0) is 9.53 Å². The van der Waals surface area contributed by atoms with E-state index in [2.05, 4.69) is 13.8 Å². The number of Topliss-reactive ketones (excluding diaryl/α,β-unsaturated/α-hetero) is 1. The number of hydrogen-bond donors (Lipinski definition) is 2. The first-order valence-electron chi connectivity index (χ1n) is 9.91. The lowest BCUT2D eigenvalue weighted by molar-refractivity contribution is -0.151. The molecule has 0 aromatic heterocycles. The molecule has 4 heteroatoms. The third-order valence-electron chi connectivity index (χ3n) is 8.71. The maximum atomic E-state index is 12.0. The van der Waals surface area contributed by atoms with Gasteiger partial charge >= 0.3 is 0 Å². The molecule has 0 bridgehead atoms. The molecule has 0 aromatic rings. The molecule has 0 amide bonds. The van der Waals surface area contributed by atoms with E-state index in [1.807, 2.05) is 0 Å². The quantitative estimate of drug-likeness (QED) is 0.761. The summed E-state index contributed by atoms with van der Waals surface area (Å²) in [6.45, 7) is 4.97. The predicted molar refractivity (Wildman–Crippen MR) is 92.1 cm³/mol. The van der Waals surface area contributed by atoms with E-state index >= 15 is 0 Å². The van der Waals surface area contributed by atoms with Gasteiger partial charge in [0.2, 0.25) is 0 Å². The van der Waals surface area contributed by atoms with Gasteiger partial charge in [-0.25, -0.2) is 0 Å². The lowest BCUT2D eigenvalue weighted by atomic mass is 9.45. The molecule has 0 aromatic carbocycles. The van der Waals surface area contributed by atoms with E-state index in [4.69, 9.17) is 10.5 Å². The smallest absolute Gasteiger partial charge is 0.133 e. The van der Waals surface area contributed by atoms with Gasteiger partial charge in [-0.3, -0.25) is 4.79 Å². The van der Waals surface area contributed by atoms with E-state index < -0.39 is 0 Å². The van der Waals surface area contributed by atoms with Crippen molar-refractivity contribution in [3.05, 3.63) is 0 Å². The van der Waals surface area contributed by atoms with Crippen LogP contribution in [0, 0.1) is 34.5 Å². The van der Waals surface area contributed by atoms with E-state index in [0.29, 0.717) is 34.9 Å². The number of carbonyl (C=O) groups excluding carboxylic acids is 1. The Morgan fingerprint density at radius 3 is 2.75 bits per heavy atom. The van der Waals surface area contributed by atoms with Crippen molar-refractivity contribution in [1.29, 1.82) is 0 Å². The van der Waals surface area contributed by atoms with Crippen molar-refractivity contribution >= 4 is 5.78 Å². The Bertz CT molecular complexity index is 523. The zero-order chi connectivity index (χ0) is 17.1. The summed E-state index contributed by atoms with van der Waals surface area (Å²) in [5.41, 5.74) is 5.98. The van der Waals surface area contributed by atoms with Crippen molar-refractivity contribution < 1.29 is 14.6 Å². The first-order chi connectivity index (χ1) is 11.4. The van der Waals surface area contributed by atoms with E-state index in [9.17, 15) is 9.90 Å². The number of aliphatic hydroxyl groups excluding tert-OH is 1. The molecule has 0 radical (unpaired) electrons. The molecule has 0 heterocycles. The lowest BCUT2D eigenvalue weighted by Crippen LogP contribution is -2.55. The van der Waals surface area contributed by atoms with Crippen LogP contribution >= 0.6 is 0 Å². The molecular formula is C20H33NO3. The average Bonchev–Trinajstić information content (AvgIpc) is 2.79. The van der Waals surface area contributed by atoms with Crippen LogP contribution in [-0.4, -0.2) is 29.8 Å². The molecule has 0 aliphatic heterocycles. The molecular weight excluding hydrogens is 302 g/mol. The molecule has 4 fully saturated rings. The minimum absolute atomic E-state index is 0.0192. The Morgan fingerprint density at radius 2 is 2.00 bits per heavy atom. The summed E-state index contributed by atoms with van der Waals surface area (Å²) in [6.07, 6.45) is 7.85. The molecule has 3 N–H and O–H groups in total. The second kappa shape index (κ2) is 5.78. The molecule has 24 heavy (non-hydrogen) atoms. The van der Waals surface area contributed by atoms with Gasteiger partial charge in [-0.05, 0) is 66.6 Å². The van der Waals surface area contributed by atoms with Gasteiger partial charge in [0, 0.05) is 19.3 Å². The monoisotopic (exact) mass is 335 g/mol. The Hall–Kier alpha value is -0.450. The maximum Gasteiger partial charge on any atom is 0.133 e. The number of rotatable bonds is 2. The van der Waals surface area contributed by atoms with Gasteiger partial charge in [-0.1, -0.05) is 13.8 Å². The lowest BCUT2D eigenvalue weighted by Gasteiger charge is -2.60. The molecule has 4 rings (SSSR count). The molecule has 136 valence electrons. The van der Waals surface area contributed by atoms with Crippen molar-refractivity contribution in [2.45, 2.75) is 77.4 Å². The average molecular weight is 335 g/mol. The normalized spacial score (nSPS) is 54.1. The predicted octanol–water partition coefficient (Wildman–Crippen LogP) is 2.87. The highest BCUT2D eigenvalue weighted by Crippen LogP contribution is 2.66. The van der Waals surface area contributed by atoms with E-state index in [0.717, 1.165) is 32.1 Å². The molecule has 1 unspecified atom stereocenters. The van der Waals surface area contributed by atoms with Crippen LogP contribution in [0.1, 0.15) is 65.2 Å². The fourth-order valence-corrected chi connectivity index (χ4v) is 7.34. The van der Waals surface area contributed by atoms with E-state index in [-0.39, 0.29) is 24.4 Å². The highest BCUT2D eigenvalue weighted by molar-refractivity contribution is 5.79. The summed E-state index contributed by atoms with van der Waals surface area (Å²) in [5.74, 6) is 2.76. The van der Waals surface area contributed by atoms with Crippen molar-refractivity contribution in [3.63, 3.8) is 0 Å². The van der Waals surface area contributed by atoms with Crippen LogP contribution in [0.3, 0.4) is 0 Å². The number of nitrogens with two attached hydrogens (primary N) is 1. The number of hydrogen-bond acceptors (Lipinski definition) is 4. The minimum atomic E-state index is -0.265. The van der Waals surface area contributed by atoms with Gasteiger partial charge in [0.05, 0.1) is 18.9 Å². The Kier molecular flexibility index (Phi) is 4.09. The number of fused-ring (bicyclic) bond motifs is 5. The molecule has 8 atom stereocenters. The molecule has 4 saturated carbocycles. The summed E-state index contributed by atoms with van der Waals surface area (Å²) in [6, 6.07) is 0.